The first-order valence-electron chi connectivity index (χ1n) is 6.37. The molecule has 0 aromatic carbocycles. The predicted octanol–water partition coefficient (Wildman–Crippen LogP) is 3.33. The Labute approximate surface area is 103 Å². The molecule has 16 heavy (non-hydrogen) atoms. The largest absolute Gasteiger partial charge is 0.309 e. The monoisotopic (exact) mass is 241 g/mol. The second kappa shape index (κ2) is 7.74. The third-order valence-corrected chi connectivity index (χ3v) is 3.66. The van der Waals surface area contributed by atoms with Crippen molar-refractivity contribution in [3.05, 3.63) is 10.6 Å². The van der Waals surface area contributed by atoms with Gasteiger partial charge in [0, 0.05) is 6.04 Å². The van der Waals surface area contributed by atoms with Gasteiger partial charge in [-0.05, 0) is 30.9 Å². The van der Waals surface area contributed by atoms with Gasteiger partial charge in [-0.1, -0.05) is 44.5 Å². The van der Waals surface area contributed by atoms with Gasteiger partial charge < -0.3 is 5.32 Å². The molecule has 4 heteroatoms. The molecular weight excluding hydrogens is 218 g/mol. The van der Waals surface area contributed by atoms with Crippen LogP contribution in [0.15, 0.2) is 0 Å². The quantitative estimate of drug-likeness (QED) is 0.709. The Kier molecular flexibility index (Phi) is 6.57. The van der Waals surface area contributed by atoms with E-state index in [0.29, 0.717) is 6.04 Å². The first-order valence-corrected chi connectivity index (χ1v) is 7.15. The Morgan fingerprint density at radius 3 is 2.69 bits per heavy atom. The summed E-state index contributed by atoms with van der Waals surface area (Å²) in [5, 5.41) is 7.74. The molecule has 0 radical (unpaired) electrons. The minimum absolute atomic E-state index is 0.464. The van der Waals surface area contributed by atoms with Crippen molar-refractivity contribution in [2.45, 2.75) is 58.9 Å². The molecule has 1 rings (SSSR count). The van der Waals surface area contributed by atoms with Crippen molar-refractivity contribution in [2.24, 2.45) is 0 Å². The van der Waals surface area contributed by atoms with E-state index in [-0.39, 0.29) is 0 Å². The first-order chi connectivity index (χ1) is 7.83. The lowest BCUT2D eigenvalue weighted by atomic mass is 10.1. The van der Waals surface area contributed by atoms with Gasteiger partial charge >= 0.3 is 0 Å². The summed E-state index contributed by atoms with van der Waals surface area (Å²) in [6.07, 6.45) is 6.07. The summed E-state index contributed by atoms with van der Waals surface area (Å²) in [6.45, 7) is 7.56. The molecule has 0 bridgehead atoms. The maximum atomic E-state index is 4.19. The smallest absolute Gasteiger partial charge is 0.0800 e. The third-order valence-electron chi connectivity index (χ3n) is 2.78. The third kappa shape index (κ3) is 3.83. The van der Waals surface area contributed by atoms with E-state index >= 15 is 0 Å². The Morgan fingerprint density at radius 1 is 1.25 bits per heavy atom. The topological polar surface area (TPSA) is 37.8 Å². The number of aryl methyl sites for hydroxylation is 1. The predicted molar refractivity (Wildman–Crippen MR) is 69.8 cm³/mol. The number of aromatic nitrogens is 2. The maximum Gasteiger partial charge on any atom is 0.0800 e. The van der Waals surface area contributed by atoms with Crippen LogP contribution < -0.4 is 5.32 Å². The number of nitrogens with zero attached hydrogens (tertiary/aromatic N) is 2. The number of unbranched alkanes of at least 4 members (excludes halogenated alkanes) is 2. The fourth-order valence-electron chi connectivity index (χ4n) is 1.90. The Hall–Kier alpha value is -0.480. The van der Waals surface area contributed by atoms with Crippen LogP contribution in [0, 0.1) is 0 Å². The molecule has 0 fully saturated rings. The number of hydrogen-bond donors (Lipinski definition) is 1. The highest BCUT2D eigenvalue weighted by molar-refractivity contribution is 7.05. The zero-order chi connectivity index (χ0) is 11.8. The van der Waals surface area contributed by atoms with E-state index in [2.05, 4.69) is 35.7 Å². The van der Waals surface area contributed by atoms with E-state index in [4.69, 9.17) is 0 Å². The second-order valence-corrected chi connectivity index (χ2v) is 4.83. The molecule has 0 saturated carbocycles. The van der Waals surface area contributed by atoms with Crippen LogP contribution in [0.2, 0.25) is 0 Å². The lowest BCUT2D eigenvalue weighted by molar-refractivity contribution is 0.489. The molecular formula is C12H23N3S. The van der Waals surface area contributed by atoms with Gasteiger partial charge in [0.15, 0.2) is 0 Å². The van der Waals surface area contributed by atoms with Gasteiger partial charge in [0.25, 0.3) is 0 Å². The van der Waals surface area contributed by atoms with Crippen molar-refractivity contribution in [1.29, 1.82) is 0 Å². The number of hydrogen-bond acceptors (Lipinski definition) is 4. The second-order valence-electron chi connectivity index (χ2n) is 4.04. The SMILES string of the molecule is CCCCCC(NCC)c1snnc1CC. The summed E-state index contributed by atoms with van der Waals surface area (Å²) < 4.78 is 4.08. The van der Waals surface area contributed by atoms with Gasteiger partial charge in [-0.2, -0.15) is 0 Å². The van der Waals surface area contributed by atoms with Crippen LogP contribution in [0.3, 0.4) is 0 Å². The molecule has 0 spiro atoms. The van der Waals surface area contributed by atoms with Gasteiger partial charge in [-0.15, -0.1) is 5.10 Å². The number of rotatable bonds is 8. The molecule has 0 aliphatic carbocycles. The van der Waals surface area contributed by atoms with E-state index in [0.717, 1.165) is 13.0 Å². The van der Waals surface area contributed by atoms with Gasteiger partial charge in [0.2, 0.25) is 0 Å². The van der Waals surface area contributed by atoms with Crippen LogP contribution in [0.5, 0.6) is 0 Å². The number of nitrogens with one attached hydrogen (secondary N) is 1. The molecule has 1 aromatic heterocycles. The van der Waals surface area contributed by atoms with Gasteiger partial charge in [-0.3, -0.25) is 0 Å². The summed E-state index contributed by atoms with van der Waals surface area (Å²) >= 11 is 1.56. The van der Waals surface area contributed by atoms with Crippen LogP contribution in [-0.4, -0.2) is 16.1 Å². The molecule has 0 saturated heterocycles. The standard InChI is InChI=1S/C12H23N3S/c1-4-7-8-9-11(13-6-3)12-10(5-2)14-15-16-12/h11,13H,4-9H2,1-3H3. The summed E-state index contributed by atoms with van der Waals surface area (Å²) in [7, 11) is 0. The maximum absolute atomic E-state index is 4.19. The van der Waals surface area contributed by atoms with Crippen LogP contribution in [-0.2, 0) is 6.42 Å². The average Bonchev–Trinajstić information content (AvgIpc) is 2.76. The molecule has 1 heterocycles. The fraction of sp³-hybridized carbons (Fsp3) is 0.833. The molecule has 0 aliphatic rings. The Morgan fingerprint density at radius 2 is 2.06 bits per heavy atom. The van der Waals surface area contributed by atoms with Crippen molar-refractivity contribution in [1.82, 2.24) is 14.9 Å². The highest BCUT2D eigenvalue weighted by atomic mass is 32.1. The molecule has 92 valence electrons. The zero-order valence-corrected chi connectivity index (χ0v) is 11.4. The summed E-state index contributed by atoms with van der Waals surface area (Å²) in [5.74, 6) is 0. The molecule has 1 aromatic rings. The van der Waals surface area contributed by atoms with E-state index in [9.17, 15) is 0 Å². The first kappa shape index (κ1) is 13.6. The van der Waals surface area contributed by atoms with Crippen LogP contribution >= 0.6 is 11.5 Å². The molecule has 3 nitrogen and oxygen atoms in total. The van der Waals surface area contributed by atoms with Crippen molar-refractivity contribution >= 4 is 11.5 Å². The highest BCUT2D eigenvalue weighted by Gasteiger charge is 2.16. The van der Waals surface area contributed by atoms with Crippen LogP contribution in [0.4, 0.5) is 0 Å². The molecule has 1 N–H and O–H groups in total. The lowest BCUT2D eigenvalue weighted by Gasteiger charge is -2.16. The highest BCUT2D eigenvalue weighted by Crippen LogP contribution is 2.25. The van der Waals surface area contributed by atoms with Crippen molar-refractivity contribution < 1.29 is 0 Å². The van der Waals surface area contributed by atoms with Gasteiger partial charge in [-0.25, -0.2) is 0 Å². The minimum atomic E-state index is 0.464. The lowest BCUT2D eigenvalue weighted by Crippen LogP contribution is -2.21. The van der Waals surface area contributed by atoms with E-state index < -0.39 is 0 Å². The minimum Gasteiger partial charge on any atom is -0.309 e. The molecule has 1 atom stereocenters. The van der Waals surface area contributed by atoms with E-state index in [1.54, 1.807) is 11.5 Å². The Balaban J connectivity index is 2.61. The average molecular weight is 241 g/mol. The summed E-state index contributed by atoms with van der Waals surface area (Å²) in [4.78, 5) is 1.35. The van der Waals surface area contributed by atoms with E-state index in [1.165, 1.54) is 36.3 Å². The summed E-state index contributed by atoms with van der Waals surface area (Å²) in [6, 6.07) is 0.464. The van der Waals surface area contributed by atoms with Crippen molar-refractivity contribution in [3.63, 3.8) is 0 Å². The summed E-state index contributed by atoms with van der Waals surface area (Å²) in [5.41, 5.74) is 1.17. The Bertz CT molecular complexity index is 286. The van der Waals surface area contributed by atoms with Crippen LogP contribution in [0.1, 0.15) is 63.1 Å². The fourth-order valence-corrected chi connectivity index (χ4v) is 2.74. The van der Waals surface area contributed by atoms with Crippen LogP contribution in [0.25, 0.3) is 0 Å². The van der Waals surface area contributed by atoms with Crippen molar-refractivity contribution in [2.75, 3.05) is 6.54 Å². The molecule has 0 amide bonds. The van der Waals surface area contributed by atoms with Gasteiger partial charge in [0.1, 0.15) is 0 Å². The zero-order valence-electron chi connectivity index (χ0n) is 10.6. The molecule has 1 unspecified atom stereocenters. The molecule has 0 aliphatic heterocycles. The van der Waals surface area contributed by atoms with Crippen molar-refractivity contribution in [3.8, 4) is 0 Å². The normalized spacial score (nSPS) is 12.9. The van der Waals surface area contributed by atoms with Gasteiger partial charge in [0.05, 0.1) is 10.6 Å². The van der Waals surface area contributed by atoms with E-state index in [1.807, 2.05) is 0 Å².